The van der Waals surface area contributed by atoms with Gasteiger partial charge in [-0.1, -0.05) is 18.2 Å². The van der Waals surface area contributed by atoms with Crippen LogP contribution in [0.3, 0.4) is 0 Å². The molecule has 0 atom stereocenters. The lowest BCUT2D eigenvalue weighted by Gasteiger charge is -2.19. The van der Waals surface area contributed by atoms with Gasteiger partial charge in [0.25, 0.3) is 5.56 Å². The number of hydrogen-bond donors (Lipinski definition) is 0. The number of benzene rings is 1. The van der Waals surface area contributed by atoms with Crippen LogP contribution in [0.1, 0.15) is 6.42 Å². The average Bonchev–Trinajstić information content (AvgIpc) is 3.12. The number of aryl methyl sites for hydroxylation is 1. The maximum Gasteiger partial charge on any atom is 0.250 e. The molecular formula is C17H18N4O2. The molecule has 0 amide bonds. The highest BCUT2D eigenvalue weighted by Crippen LogP contribution is 2.14. The normalized spacial score (nSPS) is 10.7. The minimum Gasteiger partial charge on any atom is -0.423 e. The van der Waals surface area contributed by atoms with E-state index in [1.54, 1.807) is 16.8 Å². The summed E-state index contributed by atoms with van der Waals surface area (Å²) < 4.78 is 6.85. The zero-order chi connectivity index (χ0) is 16.1. The van der Waals surface area contributed by atoms with E-state index < -0.39 is 0 Å². The lowest BCUT2D eigenvalue weighted by molar-refractivity contribution is 0.565. The van der Waals surface area contributed by atoms with Gasteiger partial charge in [-0.05, 0) is 24.6 Å². The first-order valence-electron chi connectivity index (χ1n) is 7.47. The van der Waals surface area contributed by atoms with E-state index in [2.05, 4.69) is 27.2 Å². The molecule has 6 nitrogen and oxygen atoms in total. The van der Waals surface area contributed by atoms with Crippen molar-refractivity contribution in [2.24, 2.45) is 0 Å². The van der Waals surface area contributed by atoms with E-state index in [4.69, 9.17) is 4.42 Å². The monoisotopic (exact) mass is 310 g/mol. The van der Waals surface area contributed by atoms with Crippen LogP contribution in [0.5, 0.6) is 0 Å². The Morgan fingerprint density at radius 2 is 2.00 bits per heavy atom. The fourth-order valence-corrected chi connectivity index (χ4v) is 2.42. The molecule has 2 heterocycles. The SMILES string of the molecule is CN(CCCn1cc(-c2nnco2)ccc1=O)c1ccccc1. The van der Waals surface area contributed by atoms with Gasteiger partial charge >= 0.3 is 0 Å². The number of anilines is 1. The minimum atomic E-state index is -0.0318. The fraction of sp³-hybridized carbons (Fsp3) is 0.235. The summed E-state index contributed by atoms with van der Waals surface area (Å²) in [6.45, 7) is 1.50. The molecule has 0 spiro atoms. The number of aromatic nitrogens is 3. The Kier molecular flexibility index (Phi) is 4.52. The van der Waals surface area contributed by atoms with Crippen molar-refractivity contribution in [1.82, 2.24) is 14.8 Å². The Labute approximate surface area is 134 Å². The quantitative estimate of drug-likeness (QED) is 0.699. The summed E-state index contributed by atoms with van der Waals surface area (Å²) in [4.78, 5) is 14.1. The Morgan fingerprint density at radius 1 is 1.17 bits per heavy atom. The number of nitrogens with zero attached hydrogens (tertiary/aromatic N) is 4. The van der Waals surface area contributed by atoms with Gasteiger partial charge in [0.1, 0.15) is 0 Å². The van der Waals surface area contributed by atoms with Crippen LogP contribution in [-0.4, -0.2) is 28.4 Å². The van der Waals surface area contributed by atoms with Gasteiger partial charge in [0.15, 0.2) is 0 Å². The summed E-state index contributed by atoms with van der Waals surface area (Å²) in [5.41, 5.74) is 1.88. The number of hydrogen-bond acceptors (Lipinski definition) is 5. The van der Waals surface area contributed by atoms with E-state index in [0.717, 1.165) is 18.5 Å². The van der Waals surface area contributed by atoms with Crippen LogP contribution in [0.15, 0.2) is 64.3 Å². The number of pyridine rings is 1. The van der Waals surface area contributed by atoms with Gasteiger partial charge in [-0.2, -0.15) is 0 Å². The van der Waals surface area contributed by atoms with Gasteiger partial charge in [0, 0.05) is 38.1 Å². The molecule has 3 rings (SSSR count). The second kappa shape index (κ2) is 6.91. The van der Waals surface area contributed by atoms with Crippen LogP contribution in [0.4, 0.5) is 5.69 Å². The Morgan fingerprint density at radius 3 is 2.74 bits per heavy atom. The highest BCUT2D eigenvalue weighted by atomic mass is 16.4. The lowest BCUT2D eigenvalue weighted by atomic mass is 10.2. The third-order valence-electron chi connectivity index (χ3n) is 3.68. The van der Waals surface area contributed by atoms with Crippen LogP contribution in [0.2, 0.25) is 0 Å². The Hall–Kier alpha value is -2.89. The summed E-state index contributed by atoms with van der Waals surface area (Å²) >= 11 is 0. The molecule has 0 bridgehead atoms. The molecule has 0 aliphatic heterocycles. The fourth-order valence-electron chi connectivity index (χ4n) is 2.42. The van der Waals surface area contributed by atoms with Crippen molar-refractivity contribution in [3.8, 4) is 11.5 Å². The second-order valence-electron chi connectivity index (χ2n) is 5.30. The third-order valence-corrected chi connectivity index (χ3v) is 3.68. The predicted molar refractivity (Wildman–Crippen MR) is 88.3 cm³/mol. The van der Waals surface area contributed by atoms with Crippen molar-refractivity contribution in [1.29, 1.82) is 0 Å². The molecule has 118 valence electrons. The van der Waals surface area contributed by atoms with Gasteiger partial charge in [-0.3, -0.25) is 4.79 Å². The second-order valence-corrected chi connectivity index (χ2v) is 5.30. The Balaban J connectivity index is 1.64. The van der Waals surface area contributed by atoms with Crippen LogP contribution in [0.25, 0.3) is 11.5 Å². The molecule has 0 N–H and O–H groups in total. The molecule has 1 aromatic carbocycles. The van der Waals surface area contributed by atoms with E-state index in [1.807, 2.05) is 25.2 Å². The molecule has 23 heavy (non-hydrogen) atoms. The first kappa shape index (κ1) is 15.0. The van der Waals surface area contributed by atoms with Gasteiger partial charge in [-0.25, -0.2) is 0 Å². The zero-order valence-electron chi connectivity index (χ0n) is 12.9. The van der Waals surface area contributed by atoms with Gasteiger partial charge in [-0.15, -0.1) is 10.2 Å². The van der Waals surface area contributed by atoms with E-state index in [9.17, 15) is 4.79 Å². The molecule has 0 aliphatic carbocycles. The van der Waals surface area contributed by atoms with Crippen molar-refractivity contribution in [3.63, 3.8) is 0 Å². The smallest absolute Gasteiger partial charge is 0.250 e. The first-order valence-corrected chi connectivity index (χ1v) is 7.47. The summed E-state index contributed by atoms with van der Waals surface area (Å²) in [6.07, 6.45) is 3.90. The third kappa shape index (κ3) is 3.66. The van der Waals surface area contributed by atoms with Crippen LogP contribution in [-0.2, 0) is 6.54 Å². The van der Waals surface area contributed by atoms with Crippen molar-refractivity contribution in [3.05, 3.63) is 65.4 Å². The molecule has 6 heteroatoms. The molecule has 0 unspecified atom stereocenters. The maximum absolute atomic E-state index is 12.0. The molecule has 0 radical (unpaired) electrons. The number of para-hydroxylation sites is 1. The van der Waals surface area contributed by atoms with Crippen molar-refractivity contribution in [2.75, 3.05) is 18.5 Å². The first-order chi connectivity index (χ1) is 11.2. The van der Waals surface area contributed by atoms with Gasteiger partial charge in [0.05, 0.1) is 5.56 Å². The molecule has 0 fully saturated rings. The van der Waals surface area contributed by atoms with E-state index in [-0.39, 0.29) is 5.56 Å². The molecule has 0 saturated heterocycles. The van der Waals surface area contributed by atoms with Gasteiger partial charge in [0.2, 0.25) is 12.3 Å². The molecular weight excluding hydrogens is 292 g/mol. The van der Waals surface area contributed by atoms with Crippen molar-refractivity contribution >= 4 is 5.69 Å². The average molecular weight is 310 g/mol. The Bertz CT molecular complexity index is 797. The minimum absolute atomic E-state index is 0.0318. The van der Waals surface area contributed by atoms with Crippen molar-refractivity contribution < 1.29 is 4.42 Å². The molecule has 0 aliphatic rings. The highest BCUT2D eigenvalue weighted by molar-refractivity contribution is 5.50. The van der Waals surface area contributed by atoms with Crippen LogP contribution in [0, 0.1) is 0 Å². The molecule has 0 saturated carbocycles. The summed E-state index contributed by atoms with van der Waals surface area (Å²) in [7, 11) is 2.05. The predicted octanol–water partition coefficient (Wildman–Crippen LogP) is 2.42. The van der Waals surface area contributed by atoms with Crippen LogP contribution < -0.4 is 10.5 Å². The lowest BCUT2D eigenvalue weighted by Crippen LogP contribution is -2.23. The van der Waals surface area contributed by atoms with Gasteiger partial charge < -0.3 is 13.9 Å². The van der Waals surface area contributed by atoms with E-state index in [0.29, 0.717) is 12.4 Å². The maximum atomic E-state index is 12.0. The molecule has 3 aromatic rings. The number of rotatable bonds is 6. The summed E-state index contributed by atoms with van der Waals surface area (Å²) in [5, 5.41) is 7.52. The van der Waals surface area contributed by atoms with Crippen LogP contribution >= 0.6 is 0 Å². The van der Waals surface area contributed by atoms with E-state index >= 15 is 0 Å². The molecule has 2 aromatic heterocycles. The summed E-state index contributed by atoms with van der Waals surface area (Å²) in [6, 6.07) is 13.4. The largest absolute Gasteiger partial charge is 0.423 e. The highest BCUT2D eigenvalue weighted by Gasteiger charge is 2.06. The zero-order valence-corrected chi connectivity index (χ0v) is 12.9. The summed E-state index contributed by atoms with van der Waals surface area (Å²) in [5.74, 6) is 0.417. The standard InChI is InChI=1S/C17H18N4O2/c1-20(15-6-3-2-4-7-15)10-5-11-21-12-14(8-9-16(21)22)17-19-18-13-23-17/h2-4,6-9,12-13H,5,10-11H2,1H3. The van der Waals surface area contributed by atoms with E-state index in [1.165, 1.54) is 18.1 Å². The topological polar surface area (TPSA) is 64.2 Å². The van der Waals surface area contributed by atoms with Crippen molar-refractivity contribution in [2.45, 2.75) is 13.0 Å².